The zero-order valence-corrected chi connectivity index (χ0v) is 6.83. The van der Waals surface area contributed by atoms with Gasteiger partial charge in [0.05, 0.1) is 18.2 Å². The number of aryl methyl sites for hydroxylation is 1. The largest absolute Gasteiger partial charge is 0.398 e. The number of rotatable bonds is 1. The van der Waals surface area contributed by atoms with Crippen LogP contribution in [0.15, 0.2) is 12.1 Å². The minimum atomic E-state index is -0.123. The Morgan fingerprint density at radius 2 is 2.25 bits per heavy atom. The highest BCUT2D eigenvalue weighted by atomic mass is 16.3. The van der Waals surface area contributed by atoms with E-state index in [1.165, 1.54) is 0 Å². The number of nitrogens with two attached hydrogens (primary N) is 1. The molecule has 0 aliphatic carbocycles. The van der Waals surface area contributed by atoms with Gasteiger partial charge in [0.15, 0.2) is 0 Å². The maximum atomic E-state index is 8.87. The van der Waals surface area contributed by atoms with Crippen LogP contribution in [0.2, 0.25) is 0 Å². The van der Waals surface area contributed by atoms with Crippen molar-refractivity contribution >= 4 is 5.69 Å². The molecule has 0 unspecified atom stereocenters. The van der Waals surface area contributed by atoms with Gasteiger partial charge in [0.2, 0.25) is 0 Å². The second-order valence-corrected chi connectivity index (χ2v) is 2.64. The number of aliphatic hydroxyl groups excluding tert-OH is 1. The Morgan fingerprint density at radius 1 is 1.58 bits per heavy atom. The number of hydrogen-bond acceptors (Lipinski definition) is 3. The molecule has 1 aromatic carbocycles. The Balaban J connectivity index is 3.31. The van der Waals surface area contributed by atoms with E-state index in [9.17, 15) is 0 Å². The first-order chi connectivity index (χ1) is 5.69. The number of aliphatic hydroxyl groups is 1. The van der Waals surface area contributed by atoms with Gasteiger partial charge >= 0.3 is 0 Å². The average Bonchev–Trinajstić information content (AvgIpc) is 2.09. The van der Waals surface area contributed by atoms with Crippen molar-refractivity contribution in [1.29, 1.82) is 5.26 Å². The van der Waals surface area contributed by atoms with Gasteiger partial charge in [-0.1, -0.05) is 0 Å². The lowest BCUT2D eigenvalue weighted by molar-refractivity contribution is 0.282. The summed E-state index contributed by atoms with van der Waals surface area (Å²) in [7, 11) is 0. The second-order valence-electron chi connectivity index (χ2n) is 2.64. The zero-order chi connectivity index (χ0) is 9.14. The van der Waals surface area contributed by atoms with Crippen LogP contribution in [0.3, 0.4) is 0 Å². The maximum absolute atomic E-state index is 8.87. The van der Waals surface area contributed by atoms with Gasteiger partial charge in [-0.2, -0.15) is 5.26 Å². The fourth-order valence-electron chi connectivity index (χ4n) is 1.07. The molecule has 12 heavy (non-hydrogen) atoms. The van der Waals surface area contributed by atoms with Crippen LogP contribution in [-0.4, -0.2) is 5.11 Å². The normalized spacial score (nSPS) is 9.42. The van der Waals surface area contributed by atoms with Crippen molar-refractivity contribution in [3.05, 3.63) is 28.8 Å². The molecule has 0 atom stereocenters. The molecular formula is C9H10N2O. The van der Waals surface area contributed by atoms with E-state index in [0.29, 0.717) is 16.8 Å². The highest BCUT2D eigenvalue weighted by Gasteiger charge is 2.03. The molecule has 0 fully saturated rings. The van der Waals surface area contributed by atoms with Crippen LogP contribution in [0, 0.1) is 18.3 Å². The van der Waals surface area contributed by atoms with E-state index in [1.54, 1.807) is 12.1 Å². The standard InChI is InChI=1S/C9H10N2O/c1-6-2-7(4-10)3-8(5-12)9(6)11/h2-3,12H,5,11H2,1H3. The third kappa shape index (κ3) is 1.39. The smallest absolute Gasteiger partial charge is 0.0991 e. The molecule has 0 aromatic heterocycles. The van der Waals surface area contributed by atoms with Crippen LogP contribution in [0.25, 0.3) is 0 Å². The SMILES string of the molecule is Cc1cc(C#N)cc(CO)c1N. The summed E-state index contributed by atoms with van der Waals surface area (Å²) in [6.07, 6.45) is 0. The second kappa shape index (κ2) is 3.24. The van der Waals surface area contributed by atoms with Crippen molar-refractivity contribution < 1.29 is 5.11 Å². The minimum absolute atomic E-state index is 0.123. The topological polar surface area (TPSA) is 70.0 Å². The van der Waals surface area contributed by atoms with Crippen molar-refractivity contribution in [2.45, 2.75) is 13.5 Å². The number of hydrogen-bond donors (Lipinski definition) is 2. The average molecular weight is 162 g/mol. The Hall–Kier alpha value is -1.53. The van der Waals surface area contributed by atoms with E-state index in [-0.39, 0.29) is 6.61 Å². The molecular weight excluding hydrogens is 152 g/mol. The van der Waals surface area contributed by atoms with Gasteiger partial charge in [-0.25, -0.2) is 0 Å². The summed E-state index contributed by atoms with van der Waals surface area (Å²) >= 11 is 0. The van der Waals surface area contributed by atoms with E-state index in [4.69, 9.17) is 16.1 Å². The maximum Gasteiger partial charge on any atom is 0.0991 e. The monoisotopic (exact) mass is 162 g/mol. The number of benzene rings is 1. The van der Waals surface area contributed by atoms with E-state index in [1.807, 2.05) is 13.0 Å². The first-order valence-electron chi connectivity index (χ1n) is 3.59. The van der Waals surface area contributed by atoms with Gasteiger partial charge in [0, 0.05) is 11.3 Å². The molecule has 0 bridgehead atoms. The molecule has 0 radical (unpaired) electrons. The first kappa shape index (κ1) is 8.57. The van der Waals surface area contributed by atoms with Crippen molar-refractivity contribution in [3.8, 4) is 6.07 Å². The highest BCUT2D eigenvalue weighted by molar-refractivity contribution is 5.56. The summed E-state index contributed by atoms with van der Waals surface area (Å²) in [6.45, 7) is 1.69. The summed E-state index contributed by atoms with van der Waals surface area (Å²) in [5.74, 6) is 0. The number of nitrogen functional groups attached to an aromatic ring is 1. The molecule has 0 aliphatic rings. The minimum Gasteiger partial charge on any atom is -0.398 e. The molecule has 0 saturated carbocycles. The number of nitrogens with zero attached hydrogens (tertiary/aromatic N) is 1. The van der Waals surface area contributed by atoms with E-state index < -0.39 is 0 Å². The lowest BCUT2D eigenvalue weighted by atomic mass is 10.1. The highest BCUT2D eigenvalue weighted by Crippen LogP contribution is 2.18. The summed E-state index contributed by atoms with van der Waals surface area (Å²) in [4.78, 5) is 0. The predicted octanol–water partition coefficient (Wildman–Crippen LogP) is 0.941. The molecule has 1 rings (SSSR count). The van der Waals surface area contributed by atoms with Crippen molar-refractivity contribution in [2.24, 2.45) is 0 Å². The van der Waals surface area contributed by atoms with Crippen LogP contribution < -0.4 is 5.73 Å². The molecule has 1 aromatic rings. The number of nitriles is 1. The van der Waals surface area contributed by atoms with Crippen molar-refractivity contribution in [3.63, 3.8) is 0 Å². The third-order valence-electron chi connectivity index (χ3n) is 1.77. The molecule has 0 saturated heterocycles. The summed E-state index contributed by atoms with van der Waals surface area (Å²) in [5.41, 5.74) is 8.20. The fourth-order valence-corrected chi connectivity index (χ4v) is 1.07. The molecule has 0 amide bonds. The van der Waals surface area contributed by atoms with Gasteiger partial charge in [0.25, 0.3) is 0 Å². The summed E-state index contributed by atoms with van der Waals surface area (Å²) < 4.78 is 0. The van der Waals surface area contributed by atoms with Gasteiger partial charge < -0.3 is 10.8 Å². The van der Waals surface area contributed by atoms with E-state index >= 15 is 0 Å². The van der Waals surface area contributed by atoms with Crippen LogP contribution in [-0.2, 0) is 6.61 Å². The van der Waals surface area contributed by atoms with Gasteiger partial charge in [-0.3, -0.25) is 0 Å². The molecule has 0 spiro atoms. The van der Waals surface area contributed by atoms with Crippen molar-refractivity contribution in [2.75, 3.05) is 5.73 Å². The van der Waals surface area contributed by atoms with Gasteiger partial charge in [-0.05, 0) is 24.6 Å². The molecule has 0 heterocycles. The Kier molecular flexibility index (Phi) is 2.32. The lowest BCUT2D eigenvalue weighted by Crippen LogP contribution is -1.98. The van der Waals surface area contributed by atoms with Gasteiger partial charge in [0.1, 0.15) is 0 Å². The van der Waals surface area contributed by atoms with Crippen molar-refractivity contribution in [1.82, 2.24) is 0 Å². The third-order valence-corrected chi connectivity index (χ3v) is 1.77. The Labute approximate surface area is 71.1 Å². The summed E-state index contributed by atoms with van der Waals surface area (Å²) in [5, 5.41) is 17.5. The van der Waals surface area contributed by atoms with Crippen LogP contribution in [0.4, 0.5) is 5.69 Å². The van der Waals surface area contributed by atoms with E-state index in [2.05, 4.69) is 0 Å². The Bertz CT molecular complexity index is 339. The zero-order valence-electron chi connectivity index (χ0n) is 6.83. The van der Waals surface area contributed by atoms with Gasteiger partial charge in [-0.15, -0.1) is 0 Å². The molecule has 3 heteroatoms. The number of anilines is 1. The Morgan fingerprint density at radius 3 is 2.75 bits per heavy atom. The molecule has 0 aliphatic heterocycles. The van der Waals surface area contributed by atoms with E-state index in [0.717, 1.165) is 5.56 Å². The van der Waals surface area contributed by atoms with Crippen LogP contribution in [0.5, 0.6) is 0 Å². The quantitative estimate of drug-likeness (QED) is 0.604. The fraction of sp³-hybridized carbons (Fsp3) is 0.222. The molecule has 3 nitrogen and oxygen atoms in total. The lowest BCUT2D eigenvalue weighted by Gasteiger charge is -2.05. The predicted molar refractivity (Wildman–Crippen MR) is 46.2 cm³/mol. The first-order valence-corrected chi connectivity index (χ1v) is 3.59. The van der Waals surface area contributed by atoms with Crippen LogP contribution in [0.1, 0.15) is 16.7 Å². The molecule has 3 N–H and O–H groups in total. The van der Waals surface area contributed by atoms with Crippen LogP contribution >= 0.6 is 0 Å². The summed E-state index contributed by atoms with van der Waals surface area (Å²) in [6, 6.07) is 5.31. The molecule has 62 valence electrons.